The van der Waals surface area contributed by atoms with Gasteiger partial charge in [-0.2, -0.15) is 0 Å². The monoisotopic (exact) mass is 285 g/mol. The van der Waals surface area contributed by atoms with Crippen molar-refractivity contribution in [2.24, 2.45) is 11.8 Å². The van der Waals surface area contributed by atoms with E-state index in [2.05, 4.69) is 5.32 Å². The van der Waals surface area contributed by atoms with Crippen LogP contribution in [0.5, 0.6) is 5.75 Å². The molecule has 0 aliphatic heterocycles. The quantitative estimate of drug-likeness (QED) is 0.940. The predicted molar refractivity (Wildman–Crippen MR) is 79.5 cm³/mol. The van der Waals surface area contributed by atoms with Crippen LogP contribution >= 0.6 is 0 Å². The zero-order valence-corrected chi connectivity index (χ0v) is 12.1. The fraction of sp³-hybridized carbons (Fsp3) is 0.471. The lowest BCUT2D eigenvalue weighted by Crippen LogP contribution is -2.38. The minimum absolute atomic E-state index is 0.106. The van der Waals surface area contributed by atoms with Crippen LogP contribution in [0.2, 0.25) is 0 Å². The molecule has 2 saturated carbocycles. The Morgan fingerprint density at radius 3 is 2.95 bits per heavy atom. The molecule has 1 aromatic heterocycles. The summed E-state index contributed by atoms with van der Waals surface area (Å²) >= 11 is 0. The van der Waals surface area contributed by atoms with Crippen molar-refractivity contribution >= 4 is 16.9 Å². The van der Waals surface area contributed by atoms with Gasteiger partial charge in [-0.05, 0) is 43.2 Å². The van der Waals surface area contributed by atoms with Crippen molar-refractivity contribution in [2.75, 3.05) is 7.11 Å². The van der Waals surface area contributed by atoms with Gasteiger partial charge in [-0.1, -0.05) is 18.6 Å². The molecule has 2 fully saturated rings. The van der Waals surface area contributed by atoms with Gasteiger partial charge in [0.2, 0.25) is 0 Å². The largest absolute Gasteiger partial charge is 0.493 e. The van der Waals surface area contributed by atoms with Crippen LogP contribution in [-0.4, -0.2) is 19.1 Å². The Morgan fingerprint density at radius 1 is 1.33 bits per heavy atom. The fourth-order valence-electron chi connectivity index (χ4n) is 3.97. The van der Waals surface area contributed by atoms with Crippen molar-refractivity contribution in [1.82, 2.24) is 5.32 Å². The summed E-state index contributed by atoms with van der Waals surface area (Å²) in [5, 5.41) is 4.05. The highest BCUT2D eigenvalue weighted by Crippen LogP contribution is 2.44. The van der Waals surface area contributed by atoms with Crippen molar-refractivity contribution in [3.05, 3.63) is 30.0 Å². The predicted octanol–water partition coefficient (Wildman–Crippen LogP) is 3.36. The molecule has 0 saturated heterocycles. The van der Waals surface area contributed by atoms with E-state index in [4.69, 9.17) is 9.15 Å². The van der Waals surface area contributed by atoms with E-state index in [1.807, 2.05) is 18.2 Å². The number of rotatable bonds is 3. The average molecular weight is 285 g/mol. The minimum Gasteiger partial charge on any atom is -0.493 e. The van der Waals surface area contributed by atoms with E-state index in [0.717, 1.165) is 17.7 Å². The average Bonchev–Trinajstić information content (AvgIpc) is 3.20. The third-order valence-electron chi connectivity index (χ3n) is 5.01. The summed E-state index contributed by atoms with van der Waals surface area (Å²) in [5.74, 6) is 2.41. The maximum Gasteiger partial charge on any atom is 0.287 e. The molecule has 3 atom stereocenters. The van der Waals surface area contributed by atoms with Gasteiger partial charge >= 0.3 is 0 Å². The van der Waals surface area contributed by atoms with Crippen LogP contribution in [0.3, 0.4) is 0 Å². The van der Waals surface area contributed by atoms with E-state index in [1.54, 1.807) is 13.2 Å². The van der Waals surface area contributed by atoms with Gasteiger partial charge in [0.25, 0.3) is 5.91 Å². The van der Waals surface area contributed by atoms with Gasteiger partial charge in [0.1, 0.15) is 0 Å². The highest BCUT2D eigenvalue weighted by molar-refractivity contribution is 5.97. The van der Waals surface area contributed by atoms with Crippen LogP contribution in [0.4, 0.5) is 0 Å². The summed E-state index contributed by atoms with van der Waals surface area (Å²) in [4.78, 5) is 12.4. The standard InChI is InChI=1S/C17H19NO3/c1-20-14-4-2-3-12-9-15(21-16(12)14)17(19)18-13-8-10-5-6-11(13)7-10/h2-4,9-11,13H,5-8H2,1H3,(H,18,19)/t10-,11-,13-/m0/s1. The molecule has 1 N–H and O–H groups in total. The molecule has 21 heavy (non-hydrogen) atoms. The van der Waals surface area contributed by atoms with Crippen LogP contribution in [0.15, 0.2) is 28.7 Å². The second-order valence-corrected chi connectivity index (χ2v) is 6.24. The fourth-order valence-corrected chi connectivity index (χ4v) is 3.97. The Balaban J connectivity index is 1.57. The number of benzene rings is 1. The molecule has 4 nitrogen and oxygen atoms in total. The lowest BCUT2D eigenvalue weighted by Gasteiger charge is -2.22. The minimum atomic E-state index is -0.106. The smallest absolute Gasteiger partial charge is 0.287 e. The number of fused-ring (bicyclic) bond motifs is 3. The number of ether oxygens (including phenoxy) is 1. The maximum atomic E-state index is 12.4. The van der Waals surface area contributed by atoms with Gasteiger partial charge < -0.3 is 14.5 Å². The molecular formula is C17H19NO3. The van der Waals surface area contributed by atoms with E-state index in [1.165, 1.54) is 19.3 Å². The van der Waals surface area contributed by atoms with E-state index >= 15 is 0 Å². The number of para-hydroxylation sites is 1. The second-order valence-electron chi connectivity index (χ2n) is 6.24. The van der Waals surface area contributed by atoms with E-state index in [9.17, 15) is 4.79 Å². The summed E-state index contributed by atoms with van der Waals surface area (Å²) in [5.41, 5.74) is 0.637. The number of hydrogen-bond donors (Lipinski definition) is 1. The van der Waals surface area contributed by atoms with Crippen LogP contribution in [0, 0.1) is 11.8 Å². The number of nitrogens with one attached hydrogen (secondary N) is 1. The first-order chi connectivity index (χ1) is 10.2. The highest BCUT2D eigenvalue weighted by atomic mass is 16.5. The summed E-state index contributed by atoms with van der Waals surface area (Å²) in [6.45, 7) is 0. The molecule has 0 spiro atoms. The first-order valence-electron chi connectivity index (χ1n) is 7.62. The van der Waals surface area contributed by atoms with Crippen LogP contribution in [0.1, 0.15) is 36.2 Å². The number of methoxy groups -OCH3 is 1. The number of carbonyl (C=O) groups excluding carboxylic acids is 1. The van der Waals surface area contributed by atoms with Gasteiger partial charge in [-0.3, -0.25) is 4.79 Å². The van der Waals surface area contributed by atoms with E-state index in [-0.39, 0.29) is 5.91 Å². The molecule has 4 heteroatoms. The zero-order valence-electron chi connectivity index (χ0n) is 12.1. The van der Waals surface area contributed by atoms with Crippen molar-refractivity contribution in [3.8, 4) is 5.75 Å². The Morgan fingerprint density at radius 2 is 2.24 bits per heavy atom. The molecule has 1 amide bonds. The lowest BCUT2D eigenvalue weighted by atomic mass is 9.95. The van der Waals surface area contributed by atoms with Gasteiger partial charge in [0.15, 0.2) is 17.1 Å². The third kappa shape index (κ3) is 2.09. The normalized spacial score (nSPS) is 27.2. The van der Waals surface area contributed by atoms with Crippen LogP contribution in [-0.2, 0) is 0 Å². The number of furan rings is 1. The van der Waals surface area contributed by atoms with Gasteiger partial charge in [-0.15, -0.1) is 0 Å². The summed E-state index contributed by atoms with van der Waals surface area (Å²) < 4.78 is 11.0. The summed E-state index contributed by atoms with van der Waals surface area (Å²) in [6, 6.07) is 7.78. The molecule has 2 bridgehead atoms. The molecule has 2 aliphatic rings. The lowest BCUT2D eigenvalue weighted by molar-refractivity contribution is 0.0897. The first-order valence-corrected chi connectivity index (χ1v) is 7.62. The zero-order chi connectivity index (χ0) is 14.4. The van der Waals surface area contributed by atoms with Crippen LogP contribution in [0.25, 0.3) is 11.0 Å². The molecule has 2 aromatic rings. The highest BCUT2D eigenvalue weighted by Gasteiger charge is 2.40. The van der Waals surface area contributed by atoms with Gasteiger partial charge in [-0.25, -0.2) is 0 Å². The Bertz CT molecular complexity index is 690. The summed E-state index contributed by atoms with van der Waals surface area (Å²) in [6.07, 6.45) is 4.99. The number of carbonyl (C=O) groups is 1. The Labute approximate surface area is 123 Å². The van der Waals surface area contributed by atoms with Crippen molar-refractivity contribution in [3.63, 3.8) is 0 Å². The molecule has 110 valence electrons. The second kappa shape index (κ2) is 4.79. The molecule has 1 heterocycles. The Hall–Kier alpha value is -1.97. The number of hydrogen-bond acceptors (Lipinski definition) is 3. The van der Waals surface area contributed by atoms with Crippen molar-refractivity contribution in [2.45, 2.75) is 31.7 Å². The SMILES string of the molecule is COc1cccc2cc(C(=O)N[C@H]3C[C@H]4CC[C@H]3C4)oc12. The molecule has 4 rings (SSSR count). The van der Waals surface area contributed by atoms with Gasteiger partial charge in [0.05, 0.1) is 7.11 Å². The van der Waals surface area contributed by atoms with Crippen LogP contribution < -0.4 is 10.1 Å². The number of amides is 1. The molecule has 1 aromatic carbocycles. The Kier molecular flexibility index (Phi) is 2.91. The van der Waals surface area contributed by atoms with E-state index < -0.39 is 0 Å². The van der Waals surface area contributed by atoms with Crippen molar-refractivity contribution in [1.29, 1.82) is 0 Å². The van der Waals surface area contributed by atoms with E-state index in [0.29, 0.717) is 29.1 Å². The van der Waals surface area contributed by atoms with Crippen molar-refractivity contribution < 1.29 is 13.9 Å². The molecular weight excluding hydrogens is 266 g/mol. The third-order valence-corrected chi connectivity index (χ3v) is 5.01. The molecule has 2 aliphatic carbocycles. The maximum absolute atomic E-state index is 12.4. The molecule has 0 radical (unpaired) electrons. The molecule has 0 unspecified atom stereocenters. The first kappa shape index (κ1) is 12.7. The summed E-state index contributed by atoms with van der Waals surface area (Å²) in [7, 11) is 1.60. The topological polar surface area (TPSA) is 51.5 Å². The van der Waals surface area contributed by atoms with Gasteiger partial charge in [0, 0.05) is 11.4 Å².